The molecule has 0 aromatic rings. The van der Waals surface area contributed by atoms with Crippen LogP contribution in [0.4, 0.5) is 0 Å². The molecule has 0 fully saturated rings. The Morgan fingerprint density at radius 2 is 1.58 bits per heavy atom. The van der Waals surface area contributed by atoms with Gasteiger partial charge in [-0.05, 0) is 11.8 Å². The maximum Gasteiger partial charge on any atom is 0.326 e. The molecular weight excluding hydrogens is 360 g/mol. The lowest BCUT2D eigenvalue weighted by atomic mass is 9.99. The summed E-state index contributed by atoms with van der Waals surface area (Å²) in [5.41, 5.74) is 5.25. The summed E-state index contributed by atoms with van der Waals surface area (Å²) in [5.74, 6) is -3.39. The topological polar surface area (TPSA) is 151 Å². The highest BCUT2D eigenvalue weighted by molar-refractivity contribution is 7.80. The van der Waals surface area contributed by atoms with Crippen LogP contribution in [-0.4, -0.2) is 59.2 Å². The van der Waals surface area contributed by atoms with Crippen LogP contribution >= 0.6 is 12.6 Å². The number of amides is 3. The van der Waals surface area contributed by atoms with E-state index in [-0.39, 0.29) is 24.1 Å². The second-order valence-corrected chi connectivity index (χ2v) is 6.81. The van der Waals surface area contributed by atoms with E-state index in [0.717, 1.165) is 0 Å². The molecule has 9 nitrogen and oxygen atoms in total. The van der Waals surface area contributed by atoms with Crippen molar-refractivity contribution in [2.45, 2.75) is 52.2 Å². The van der Waals surface area contributed by atoms with E-state index in [2.05, 4.69) is 28.6 Å². The van der Waals surface area contributed by atoms with Gasteiger partial charge in [0.25, 0.3) is 0 Å². The van der Waals surface area contributed by atoms with Crippen LogP contribution in [0.5, 0.6) is 0 Å². The third-order valence-corrected chi connectivity index (χ3v) is 4.41. The number of thiol groups is 1. The summed E-state index contributed by atoms with van der Waals surface area (Å²) in [4.78, 5) is 47.6. The smallest absolute Gasteiger partial charge is 0.326 e. The van der Waals surface area contributed by atoms with Crippen LogP contribution < -0.4 is 21.7 Å². The molecule has 0 aliphatic rings. The Hall–Kier alpha value is -1.81. The van der Waals surface area contributed by atoms with E-state index in [1.165, 1.54) is 0 Å². The van der Waals surface area contributed by atoms with Gasteiger partial charge in [-0.25, -0.2) is 4.79 Å². The summed E-state index contributed by atoms with van der Waals surface area (Å²) in [6.07, 6.45) is 0.565. The lowest BCUT2D eigenvalue weighted by Gasteiger charge is -2.26. The third-order valence-electron chi connectivity index (χ3n) is 4.04. The largest absolute Gasteiger partial charge is 0.480 e. The lowest BCUT2D eigenvalue weighted by Crippen LogP contribution is -2.58. The van der Waals surface area contributed by atoms with E-state index in [4.69, 9.17) is 5.73 Å². The molecule has 0 aliphatic carbocycles. The maximum absolute atomic E-state index is 12.4. The van der Waals surface area contributed by atoms with E-state index in [0.29, 0.717) is 6.42 Å². The van der Waals surface area contributed by atoms with Gasteiger partial charge >= 0.3 is 5.97 Å². The molecule has 150 valence electrons. The fourth-order valence-corrected chi connectivity index (χ4v) is 2.42. The molecule has 3 amide bonds. The highest BCUT2D eigenvalue weighted by Gasteiger charge is 2.31. The second-order valence-electron chi connectivity index (χ2n) is 6.45. The quantitative estimate of drug-likeness (QED) is 0.252. The van der Waals surface area contributed by atoms with Crippen LogP contribution in [0.1, 0.15) is 34.1 Å². The number of carboxylic acids is 1. The average Bonchev–Trinajstić information content (AvgIpc) is 2.59. The number of hydrogen-bond acceptors (Lipinski definition) is 6. The Labute approximate surface area is 159 Å². The molecule has 0 bridgehead atoms. The Morgan fingerprint density at radius 3 is 1.96 bits per heavy atom. The molecule has 26 heavy (non-hydrogen) atoms. The van der Waals surface area contributed by atoms with Crippen molar-refractivity contribution in [1.29, 1.82) is 0 Å². The first-order chi connectivity index (χ1) is 12.1. The number of carbonyl (C=O) groups is 4. The SMILES string of the molecule is CCC(C)C(NC(=O)C(CS)NC(=O)C(NC(=O)CN)C(C)C)C(=O)O. The van der Waals surface area contributed by atoms with Gasteiger partial charge in [-0.3, -0.25) is 14.4 Å². The molecule has 6 N–H and O–H groups in total. The molecule has 0 radical (unpaired) electrons. The Morgan fingerprint density at radius 1 is 1.00 bits per heavy atom. The molecule has 0 heterocycles. The Balaban J connectivity index is 5.09. The van der Waals surface area contributed by atoms with Crippen molar-refractivity contribution < 1.29 is 24.3 Å². The number of carbonyl (C=O) groups excluding carboxylic acids is 3. The first kappa shape index (κ1) is 24.2. The first-order valence-electron chi connectivity index (χ1n) is 8.52. The molecule has 0 saturated carbocycles. The minimum Gasteiger partial charge on any atom is -0.480 e. The molecule has 0 aromatic carbocycles. The molecular formula is C16H30N4O5S. The molecule has 4 atom stereocenters. The molecule has 0 aliphatic heterocycles. The van der Waals surface area contributed by atoms with Crippen LogP contribution in [-0.2, 0) is 19.2 Å². The van der Waals surface area contributed by atoms with Gasteiger partial charge in [0.2, 0.25) is 17.7 Å². The van der Waals surface area contributed by atoms with Gasteiger partial charge in [-0.15, -0.1) is 0 Å². The van der Waals surface area contributed by atoms with Gasteiger partial charge in [0, 0.05) is 5.75 Å². The van der Waals surface area contributed by atoms with Crippen molar-refractivity contribution in [3.05, 3.63) is 0 Å². The highest BCUT2D eigenvalue weighted by atomic mass is 32.1. The van der Waals surface area contributed by atoms with E-state index >= 15 is 0 Å². The van der Waals surface area contributed by atoms with Gasteiger partial charge < -0.3 is 26.8 Å². The normalized spacial score (nSPS) is 15.5. The molecule has 0 saturated heterocycles. The number of nitrogens with one attached hydrogen (secondary N) is 3. The van der Waals surface area contributed by atoms with Crippen LogP contribution in [0.2, 0.25) is 0 Å². The monoisotopic (exact) mass is 390 g/mol. The van der Waals surface area contributed by atoms with Gasteiger partial charge in [-0.2, -0.15) is 12.6 Å². The second kappa shape index (κ2) is 11.7. The van der Waals surface area contributed by atoms with E-state index in [9.17, 15) is 24.3 Å². The number of carboxylic acid groups (broad SMARTS) is 1. The summed E-state index contributed by atoms with van der Waals surface area (Å²) >= 11 is 4.06. The van der Waals surface area contributed by atoms with E-state index < -0.39 is 41.8 Å². The fraction of sp³-hybridized carbons (Fsp3) is 0.750. The number of hydrogen-bond donors (Lipinski definition) is 6. The summed E-state index contributed by atoms with van der Waals surface area (Å²) in [5, 5.41) is 16.7. The predicted octanol–water partition coefficient (Wildman–Crippen LogP) is -0.884. The minimum atomic E-state index is -1.15. The fourth-order valence-electron chi connectivity index (χ4n) is 2.16. The van der Waals surface area contributed by atoms with Crippen molar-refractivity contribution >= 4 is 36.3 Å². The first-order valence-corrected chi connectivity index (χ1v) is 9.15. The maximum atomic E-state index is 12.4. The summed E-state index contributed by atoms with van der Waals surface area (Å²) in [6, 6.07) is -2.97. The molecule has 4 unspecified atom stereocenters. The van der Waals surface area contributed by atoms with Crippen LogP contribution in [0.25, 0.3) is 0 Å². The van der Waals surface area contributed by atoms with Crippen molar-refractivity contribution in [1.82, 2.24) is 16.0 Å². The van der Waals surface area contributed by atoms with Crippen LogP contribution in [0.3, 0.4) is 0 Å². The number of rotatable bonds is 11. The summed E-state index contributed by atoms with van der Waals surface area (Å²) < 4.78 is 0. The summed E-state index contributed by atoms with van der Waals surface area (Å²) in [7, 11) is 0. The zero-order valence-electron chi connectivity index (χ0n) is 15.6. The van der Waals surface area contributed by atoms with Gasteiger partial charge in [0.15, 0.2) is 0 Å². The highest BCUT2D eigenvalue weighted by Crippen LogP contribution is 2.09. The summed E-state index contributed by atoms with van der Waals surface area (Å²) in [6.45, 7) is 6.74. The standard InChI is InChI=1S/C16H30N4O5S/c1-5-9(4)13(16(24)25)20-14(22)10(7-26)18-15(23)12(8(2)3)19-11(21)6-17/h8-10,12-13,26H,5-7,17H2,1-4H3,(H,18,23)(H,19,21)(H,20,22)(H,24,25). The molecule has 0 spiro atoms. The Kier molecular flexibility index (Phi) is 10.9. The average molecular weight is 391 g/mol. The lowest BCUT2D eigenvalue weighted by molar-refractivity contribution is -0.143. The molecule has 0 aromatic heterocycles. The van der Waals surface area contributed by atoms with Crippen molar-refractivity contribution in [2.24, 2.45) is 17.6 Å². The van der Waals surface area contributed by atoms with Crippen molar-refractivity contribution in [3.63, 3.8) is 0 Å². The van der Waals surface area contributed by atoms with Crippen LogP contribution in [0.15, 0.2) is 0 Å². The molecule has 0 rings (SSSR count). The third kappa shape index (κ3) is 7.61. The molecule has 10 heteroatoms. The Bertz CT molecular complexity index is 515. The van der Waals surface area contributed by atoms with Crippen molar-refractivity contribution in [3.8, 4) is 0 Å². The van der Waals surface area contributed by atoms with Crippen molar-refractivity contribution in [2.75, 3.05) is 12.3 Å². The van der Waals surface area contributed by atoms with Gasteiger partial charge in [0.05, 0.1) is 6.54 Å². The number of nitrogens with two attached hydrogens (primary N) is 1. The predicted molar refractivity (Wildman–Crippen MR) is 101 cm³/mol. The minimum absolute atomic E-state index is 0.0277. The van der Waals surface area contributed by atoms with Crippen LogP contribution in [0, 0.1) is 11.8 Å². The number of aliphatic carboxylic acids is 1. The van der Waals surface area contributed by atoms with E-state index in [1.807, 2.05) is 6.92 Å². The van der Waals surface area contributed by atoms with Gasteiger partial charge in [-0.1, -0.05) is 34.1 Å². The van der Waals surface area contributed by atoms with Gasteiger partial charge in [0.1, 0.15) is 18.1 Å². The van der Waals surface area contributed by atoms with E-state index in [1.54, 1.807) is 20.8 Å². The zero-order chi connectivity index (χ0) is 20.4. The zero-order valence-corrected chi connectivity index (χ0v) is 16.5.